The van der Waals surface area contributed by atoms with Crippen molar-refractivity contribution in [3.63, 3.8) is 0 Å². The summed E-state index contributed by atoms with van der Waals surface area (Å²) < 4.78 is 16.5. The van der Waals surface area contributed by atoms with E-state index < -0.39 is 0 Å². The average Bonchev–Trinajstić information content (AvgIpc) is 3.01. The molecule has 0 aromatic heterocycles. The summed E-state index contributed by atoms with van der Waals surface area (Å²) in [6.07, 6.45) is 4.48. The Kier molecular flexibility index (Phi) is 6.50. The Balaban J connectivity index is 2.05. The van der Waals surface area contributed by atoms with Gasteiger partial charge in [0.1, 0.15) is 0 Å². The highest BCUT2D eigenvalue weighted by Crippen LogP contribution is 2.47. The fourth-order valence-electron chi connectivity index (χ4n) is 4.16. The molecule has 1 unspecified atom stereocenters. The molecule has 0 amide bonds. The Morgan fingerprint density at radius 1 is 0.857 bits per heavy atom. The Hall–Kier alpha value is -2.62. The Labute approximate surface area is 168 Å². The summed E-state index contributed by atoms with van der Waals surface area (Å²) in [4.78, 5) is 0. The van der Waals surface area contributed by atoms with E-state index in [0.717, 1.165) is 31.4 Å². The van der Waals surface area contributed by atoms with Crippen LogP contribution in [0, 0.1) is 0 Å². The number of rotatable bonds is 9. The molecule has 2 aromatic rings. The second-order valence-electron chi connectivity index (χ2n) is 7.08. The average molecular weight is 382 g/mol. The van der Waals surface area contributed by atoms with Gasteiger partial charge in [-0.25, -0.2) is 0 Å². The first-order valence-electron chi connectivity index (χ1n) is 10.1. The van der Waals surface area contributed by atoms with Crippen molar-refractivity contribution in [3.8, 4) is 17.2 Å². The number of benzene rings is 2. The fourth-order valence-corrected chi connectivity index (χ4v) is 4.16. The van der Waals surface area contributed by atoms with E-state index in [2.05, 4.69) is 43.4 Å². The van der Waals surface area contributed by atoms with Gasteiger partial charge in [0.2, 0.25) is 5.75 Å². The van der Waals surface area contributed by atoms with E-state index in [0.29, 0.717) is 17.2 Å². The lowest BCUT2D eigenvalue weighted by Crippen LogP contribution is -2.11. The Bertz CT molecular complexity index is 832. The first-order chi connectivity index (χ1) is 13.7. The van der Waals surface area contributed by atoms with Gasteiger partial charge >= 0.3 is 0 Å². The molecule has 1 atom stereocenters. The first kappa shape index (κ1) is 20.1. The van der Waals surface area contributed by atoms with Gasteiger partial charge in [0.25, 0.3) is 0 Å². The van der Waals surface area contributed by atoms with Crippen LogP contribution in [0.25, 0.3) is 5.57 Å². The van der Waals surface area contributed by atoms with Crippen LogP contribution in [-0.2, 0) is 0 Å². The number of ether oxygens (including phenoxy) is 3. The molecule has 0 spiro atoms. The van der Waals surface area contributed by atoms with E-state index in [4.69, 9.17) is 14.2 Å². The van der Waals surface area contributed by atoms with Gasteiger partial charge in [0.05, 0.1) is 27.4 Å². The lowest BCUT2D eigenvalue weighted by atomic mass is 9.98. The molecule has 0 saturated carbocycles. The molecule has 150 valence electrons. The molecule has 0 aliphatic heterocycles. The van der Waals surface area contributed by atoms with Crippen molar-refractivity contribution in [2.75, 3.05) is 26.6 Å². The minimum Gasteiger partial charge on any atom is -0.493 e. The lowest BCUT2D eigenvalue weighted by Gasteiger charge is -2.22. The molecule has 0 radical (unpaired) electrons. The van der Waals surface area contributed by atoms with Gasteiger partial charge in [-0.05, 0) is 35.1 Å². The Morgan fingerprint density at radius 3 is 2.07 bits per heavy atom. The van der Waals surface area contributed by atoms with Crippen LogP contribution in [-0.4, -0.2) is 21.3 Å². The largest absolute Gasteiger partial charge is 0.493 e. The third-order valence-corrected chi connectivity index (χ3v) is 5.33. The molecular formula is C24H31NO3. The molecule has 3 rings (SSSR count). The standard InChI is InChI=1S/C24H31NO3/c1-6-10-17-18-12-8-9-13-20(18)23(19(17)11-7-2)25-16-14-21(26-3)24(28-5)22(15-16)27-4/h8-9,12-15,23,25H,6-7,10-11H2,1-5H3. The maximum Gasteiger partial charge on any atom is 0.203 e. The summed E-state index contributed by atoms with van der Waals surface area (Å²) in [7, 11) is 4.92. The van der Waals surface area contributed by atoms with Gasteiger partial charge in [-0.3, -0.25) is 0 Å². The number of hydrogen-bond donors (Lipinski definition) is 1. The lowest BCUT2D eigenvalue weighted by molar-refractivity contribution is 0.324. The molecular weight excluding hydrogens is 350 g/mol. The third-order valence-electron chi connectivity index (χ3n) is 5.33. The van der Waals surface area contributed by atoms with Gasteiger partial charge in [-0.1, -0.05) is 51.0 Å². The van der Waals surface area contributed by atoms with E-state index in [9.17, 15) is 0 Å². The summed E-state index contributed by atoms with van der Waals surface area (Å²) >= 11 is 0. The topological polar surface area (TPSA) is 39.7 Å². The van der Waals surface area contributed by atoms with Crippen LogP contribution in [0.5, 0.6) is 17.2 Å². The quantitative estimate of drug-likeness (QED) is 0.559. The Morgan fingerprint density at radius 2 is 1.50 bits per heavy atom. The highest BCUT2D eigenvalue weighted by Gasteiger charge is 2.30. The zero-order valence-electron chi connectivity index (χ0n) is 17.6. The third kappa shape index (κ3) is 3.68. The van der Waals surface area contributed by atoms with Crippen molar-refractivity contribution < 1.29 is 14.2 Å². The highest BCUT2D eigenvalue weighted by molar-refractivity contribution is 5.80. The van der Waals surface area contributed by atoms with Gasteiger partial charge < -0.3 is 19.5 Å². The predicted molar refractivity (Wildman–Crippen MR) is 116 cm³/mol. The molecule has 1 N–H and O–H groups in total. The van der Waals surface area contributed by atoms with Crippen molar-refractivity contribution in [2.45, 2.75) is 45.6 Å². The number of allylic oxidation sites excluding steroid dienone is 1. The van der Waals surface area contributed by atoms with E-state index in [1.165, 1.54) is 22.3 Å². The monoisotopic (exact) mass is 381 g/mol. The molecule has 0 heterocycles. The van der Waals surface area contributed by atoms with E-state index in [1.54, 1.807) is 21.3 Å². The van der Waals surface area contributed by atoms with E-state index in [1.807, 2.05) is 12.1 Å². The molecule has 0 saturated heterocycles. The van der Waals surface area contributed by atoms with E-state index >= 15 is 0 Å². The molecule has 0 bridgehead atoms. The van der Waals surface area contributed by atoms with Crippen molar-refractivity contribution in [3.05, 3.63) is 53.1 Å². The van der Waals surface area contributed by atoms with Crippen LogP contribution in [0.15, 0.2) is 42.0 Å². The summed E-state index contributed by atoms with van der Waals surface area (Å²) in [6, 6.07) is 12.9. The number of hydrogen-bond acceptors (Lipinski definition) is 4. The van der Waals surface area contributed by atoms with Crippen molar-refractivity contribution in [1.82, 2.24) is 0 Å². The zero-order valence-corrected chi connectivity index (χ0v) is 17.6. The SMILES string of the molecule is CCCC1=C(CCC)C(Nc2cc(OC)c(OC)c(OC)c2)c2ccccc21. The summed E-state index contributed by atoms with van der Waals surface area (Å²) in [5, 5.41) is 3.75. The second-order valence-corrected chi connectivity index (χ2v) is 7.08. The molecule has 2 aromatic carbocycles. The summed E-state index contributed by atoms with van der Waals surface area (Å²) in [5.41, 5.74) is 6.70. The molecule has 28 heavy (non-hydrogen) atoms. The molecule has 4 nitrogen and oxygen atoms in total. The summed E-state index contributed by atoms with van der Waals surface area (Å²) in [6.45, 7) is 4.50. The maximum atomic E-state index is 5.53. The van der Waals surface area contributed by atoms with Gasteiger partial charge in [-0.15, -0.1) is 0 Å². The van der Waals surface area contributed by atoms with Crippen molar-refractivity contribution in [1.29, 1.82) is 0 Å². The predicted octanol–water partition coefficient (Wildman–Crippen LogP) is 6.23. The van der Waals surface area contributed by atoms with Crippen LogP contribution in [0.3, 0.4) is 0 Å². The number of fused-ring (bicyclic) bond motifs is 1. The van der Waals surface area contributed by atoms with Gasteiger partial charge in [0.15, 0.2) is 11.5 Å². The smallest absolute Gasteiger partial charge is 0.203 e. The molecule has 4 heteroatoms. The molecule has 0 fully saturated rings. The highest BCUT2D eigenvalue weighted by atomic mass is 16.5. The first-order valence-corrected chi connectivity index (χ1v) is 10.1. The molecule has 1 aliphatic rings. The van der Waals surface area contributed by atoms with Gasteiger partial charge in [-0.2, -0.15) is 0 Å². The van der Waals surface area contributed by atoms with Crippen LogP contribution < -0.4 is 19.5 Å². The minimum atomic E-state index is 0.167. The van der Waals surface area contributed by atoms with Crippen molar-refractivity contribution in [2.24, 2.45) is 0 Å². The van der Waals surface area contributed by atoms with Crippen molar-refractivity contribution >= 4 is 11.3 Å². The van der Waals surface area contributed by atoms with Crippen LogP contribution in [0.1, 0.15) is 56.7 Å². The summed E-state index contributed by atoms with van der Waals surface area (Å²) in [5.74, 6) is 1.93. The maximum absolute atomic E-state index is 5.53. The van der Waals surface area contributed by atoms with E-state index in [-0.39, 0.29) is 6.04 Å². The second kappa shape index (κ2) is 9.05. The zero-order chi connectivity index (χ0) is 20.1. The van der Waals surface area contributed by atoms with Gasteiger partial charge in [0, 0.05) is 17.8 Å². The van der Waals surface area contributed by atoms with Crippen LogP contribution >= 0.6 is 0 Å². The van der Waals surface area contributed by atoms with Crippen LogP contribution in [0.4, 0.5) is 5.69 Å². The minimum absolute atomic E-state index is 0.167. The normalized spacial score (nSPS) is 15.4. The van der Waals surface area contributed by atoms with Crippen LogP contribution in [0.2, 0.25) is 0 Å². The number of methoxy groups -OCH3 is 3. The molecule has 1 aliphatic carbocycles. The fraction of sp³-hybridized carbons (Fsp3) is 0.417. The number of nitrogens with one attached hydrogen (secondary N) is 1. The number of anilines is 1.